The van der Waals surface area contributed by atoms with E-state index in [0.717, 1.165) is 11.3 Å². The van der Waals surface area contributed by atoms with Crippen LogP contribution in [0.2, 0.25) is 0 Å². The number of rotatable bonds is 9. The van der Waals surface area contributed by atoms with Gasteiger partial charge in [0, 0.05) is 28.8 Å². The van der Waals surface area contributed by atoms with Gasteiger partial charge in [-0.2, -0.15) is 5.26 Å². The zero-order valence-corrected chi connectivity index (χ0v) is 23.1. The van der Waals surface area contributed by atoms with Gasteiger partial charge in [0.05, 0.1) is 43.0 Å². The van der Waals surface area contributed by atoms with Crippen LogP contribution in [0.15, 0.2) is 54.6 Å². The molecule has 4 rings (SSSR count). The monoisotopic (exact) mass is 528 g/mol. The predicted octanol–water partition coefficient (Wildman–Crippen LogP) is 5.25. The number of benzene rings is 2. The van der Waals surface area contributed by atoms with Crippen molar-refractivity contribution >= 4 is 10.9 Å². The molecule has 4 aromatic rings. The van der Waals surface area contributed by atoms with Crippen molar-refractivity contribution in [2.45, 2.75) is 31.8 Å². The fourth-order valence-corrected chi connectivity index (χ4v) is 5.08. The van der Waals surface area contributed by atoms with E-state index in [2.05, 4.69) is 6.07 Å². The number of methoxy groups -OCH3 is 2. The van der Waals surface area contributed by atoms with Gasteiger partial charge in [-0.05, 0) is 82.4 Å². The summed E-state index contributed by atoms with van der Waals surface area (Å²) >= 11 is 0. The van der Waals surface area contributed by atoms with Gasteiger partial charge in [0.25, 0.3) is 0 Å². The highest BCUT2D eigenvalue weighted by molar-refractivity contribution is 5.82. The van der Waals surface area contributed by atoms with Crippen LogP contribution >= 0.6 is 0 Å². The van der Waals surface area contributed by atoms with Crippen molar-refractivity contribution in [3.8, 4) is 17.7 Å². The zero-order valence-electron chi connectivity index (χ0n) is 23.1. The summed E-state index contributed by atoms with van der Waals surface area (Å²) in [4.78, 5) is 11.4. The summed E-state index contributed by atoms with van der Waals surface area (Å²) in [6.07, 6.45) is 0.233. The normalized spacial score (nSPS) is 13.6. The third-order valence-corrected chi connectivity index (χ3v) is 6.92. The predicted molar refractivity (Wildman–Crippen MR) is 149 cm³/mol. The minimum absolute atomic E-state index is 0.0559. The molecule has 0 saturated carbocycles. The van der Waals surface area contributed by atoms with E-state index >= 15 is 4.39 Å². The molecule has 0 amide bonds. The van der Waals surface area contributed by atoms with Crippen LogP contribution in [0.25, 0.3) is 10.9 Å². The van der Waals surface area contributed by atoms with Gasteiger partial charge in [-0.25, -0.2) is 9.37 Å². The molecule has 202 valence electrons. The van der Waals surface area contributed by atoms with Crippen LogP contribution in [0.3, 0.4) is 0 Å². The molecule has 2 heterocycles. The largest absolute Gasteiger partial charge is 0.494 e. The van der Waals surface area contributed by atoms with E-state index in [9.17, 15) is 10.4 Å². The Labute approximate surface area is 228 Å². The molecule has 2 atom stereocenters. The van der Waals surface area contributed by atoms with Crippen molar-refractivity contribution in [2.24, 2.45) is 0 Å². The highest BCUT2D eigenvalue weighted by Gasteiger charge is 2.45. The smallest absolute Gasteiger partial charge is 0.217 e. The van der Waals surface area contributed by atoms with Crippen LogP contribution in [-0.2, 0) is 5.60 Å². The second kappa shape index (κ2) is 11.4. The summed E-state index contributed by atoms with van der Waals surface area (Å²) in [5.41, 5.74) is 2.16. The Morgan fingerprint density at radius 2 is 1.79 bits per heavy atom. The van der Waals surface area contributed by atoms with Crippen LogP contribution in [0.5, 0.6) is 11.6 Å². The Balaban J connectivity index is 2.12. The van der Waals surface area contributed by atoms with E-state index in [-0.39, 0.29) is 23.6 Å². The van der Waals surface area contributed by atoms with Gasteiger partial charge in [-0.1, -0.05) is 12.1 Å². The average Bonchev–Trinajstić information content (AvgIpc) is 2.91. The van der Waals surface area contributed by atoms with Crippen LogP contribution in [0.1, 0.15) is 46.0 Å². The maximum Gasteiger partial charge on any atom is 0.217 e. The van der Waals surface area contributed by atoms with Gasteiger partial charge < -0.3 is 19.5 Å². The summed E-state index contributed by atoms with van der Waals surface area (Å²) in [6, 6.07) is 17.8. The second-order valence-corrected chi connectivity index (χ2v) is 10.1. The molecule has 1 N–H and O–H groups in total. The van der Waals surface area contributed by atoms with Gasteiger partial charge in [0.1, 0.15) is 5.60 Å². The van der Waals surface area contributed by atoms with E-state index < -0.39 is 17.3 Å². The fourth-order valence-electron chi connectivity index (χ4n) is 5.08. The first-order valence-electron chi connectivity index (χ1n) is 12.6. The van der Waals surface area contributed by atoms with Crippen LogP contribution in [0, 0.1) is 31.0 Å². The van der Waals surface area contributed by atoms with Crippen molar-refractivity contribution in [1.29, 1.82) is 5.26 Å². The number of nitrogens with zero attached hydrogens (tertiary/aromatic N) is 4. The number of aryl methyl sites for hydroxylation is 2. The molecular formula is C31H33FN4O3. The van der Waals surface area contributed by atoms with E-state index in [1.807, 2.05) is 51.0 Å². The minimum atomic E-state index is -1.68. The Bertz CT molecular complexity index is 1530. The number of aliphatic hydroxyl groups is 1. The highest BCUT2D eigenvalue weighted by Crippen LogP contribution is 2.48. The second-order valence-electron chi connectivity index (χ2n) is 10.1. The first kappa shape index (κ1) is 28.0. The SMILES string of the molecule is COc1cccc(C(c2cc3cc(C#N)ccc3nc2OC)C(O)(CCN(C)C)c2cc(C)cc(C)n2)c1F. The lowest BCUT2D eigenvalue weighted by atomic mass is 9.72. The maximum absolute atomic E-state index is 16.1. The Morgan fingerprint density at radius 3 is 2.44 bits per heavy atom. The molecule has 8 heteroatoms. The van der Waals surface area contributed by atoms with Crippen molar-refractivity contribution in [2.75, 3.05) is 34.9 Å². The summed E-state index contributed by atoms with van der Waals surface area (Å²) in [6.45, 7) is 4.30. The summed E-state index contributed by atoms with van der Waals surface area (Å²) in [7, 11) is 6.73. The number of ether oxygens (including phenoxy) is 2. The highest BCUT2D eigenvalue weighted by atomic mass is 19.1. The van der Waals surface area contributed by atoms with Crippen molar-refractivity contribution in [3.63, 3.8) is 0 Å². The Kier molecular flexibility index (Phi) is 8.14. The van der Waals surface area contributed by atoms with Crippen molar-refractivity contribution in [1.82, 2.24) is 14.9 Å². The molecule has 0 aliphatic rings. The van der Waals surface area contributed by atoms with E-state index in [1.165, 1.54) is 14.2 Å². The standard InChI is InChI=1S/C31H33FN4O3/c1-19-14-20(2)34-27(15-19)31(37,12-13-36(3)4)28(23-8-7-9-26(38-5)29(23)32)24-17-22-16-21(18-33)10-11-25(22)35-30(24)39-6/h7-11,14-17,28,37H,12-13H2,1-6H3. The van der Waals surface area contributed by atoms with Gasteiger partial charge in [-0.15, -0.1) is 0 Å². The lowest BCUT2D eigenvalue weighted by molar-refractivity contribution is -0.00139. The number of aromatic nitrogens is 2. The fraction of sp³-hybridized carbons (Fsp3) is 0.323. The number of halogens is 1. The van der Waals surface area contributed by atoms with Gasteiger partial charge in [0.2, 0.25) is 5.88 Å². The lowest BCUT2D eigenvalue weighted by Crippen LogP contribution is -2.39. The molecule has 0 fully saturated rings. The molecule has 39 heavy (non-hydrogen) atoms. The molecule has 0 saturated heterocycles. The number of fused-ring (bicyclic) bond motifs is 1. The topological polar surface area (TPSA) is 91.5 Å². The van der Waals surface area contributed by atoms with E-state index in [4.69, 9.17) is 19.4 Å². The summed E-state index contributed by atoms with van der Waals surface area (Å²) < 4.78 is 27.2. The lowest BCUT2D eigenvalue weighted by Gasteiger charge is -2.38. The first-order chi connectivity index (χ1) is 18.6. The molecule has 2 unspecified atom stereocenters. The van der Waals surface area contributed by atoms with Gasteiger partial charge in [-0.3, -0.25) is 4.98 Å². The molecule has 0 aliphatic carbocycles. The molecule has 0 radical (unpaired) electrons. The summed E-state index contributed by atoms with van der Waals surface area (Å²) in [5, 5.41) is 23.0. The molecule has 0 spiro atoms. The number of hydrogen-bond acceptors (Lipinski definition) is 7. The third-order valence-electron chi connectivity index (χ3n) is 6.92. The number of pyridine rings is 2. The minimum Gasteiger partial charge on any atom is -0.494 e. The third kappa shape index (κ3) is 5.56. The summed E-state index contributed by atoms with van der Waals surface area (Å²) in [5.74, 6) is -1.28. The Hall–Kier alpha value is -4.06. The van der Waals surface area contributed by atoms with Crippen molar-refractivity contribution < 1.29 is 19.0 Å². The Morgan fingerprint density at radius 1 is 1.03 bits per heavy atom. The van der Waals surface area contributed by atoms with Crippen LogP contribution < -0.4 is 9.47 Å². The first-order valence-corrected chi connectivity index (χ1v) is 12.6. The van der Waals surface area contributed by atoms with Gasteiger partial charge >= 0.3 is 0 Å². The number of hydrogen-bond donors (Lipinski definition) is 1. The maximum atomic E-state index is 16.1. The number of nitriles is 1. The van der Waals surface area contributed by atoms with Crippen LogP contribution in [-0.4, -0.2) is 54.8 Å². The van der Waals surface area contributed by atoms with E-state index in [0.29, 0.717) is 34.3 Å². The molecular weight excluding hydrogens is 495 g/mol. The van der Waals surface area contributed by atoms with Crippen molar-refractivity contribution in [3.05, 3.63) is 94.1 Å². The average molecular weight is 529 g/mol. The van der Waals surface area contributed by atoms with E-state index in [1.54, 1.807) is 36.4 Å². The molecule has 2 aromatic heterocycles. The van der Waals surface area contributed by atoms with Gasteiger partial charge in [0.15, 0.2) is 11.6 Å². The molecule has 2 aromatic carbocycles. The molecule has 7 nitrogen and oxygen atoms in total. The quantitative estimate of drug-likeness (QED) is 0.317. The molecule has 0 bridgehead atoms. The zero-order chi connectivity index (χ0) is 28.3. The molecule has 0 aliphatic heterocycles. The van der Waals surface area contributed by atoms with Crippen LogP contribution in [0.4, 0.5) is 4.39 Å².